The van der Waals surface area contributed by atoms with Gasteiger partial charge in [-0.3, -0.25) is 0 Å². The van der Waals surface area contributed by atoms with Gasteiger partial charge in [0.1, 0.15) is 5.58 Å². The molecule has 3 heterocycles. The van der Waals surface area contributed by atoms with E-state index < -0.39 is 0 Å². The highest BCUT2D eigenvalue weighted by atomic mass is 16.3. The number of hydrogen-bond acceptors (Lipinski definition) is 4. The van der Waals surface area contributed by atoms with Gasteiger partial charge in [0.2, 0.25) is 0 Å². The van der Waals surface area contributed by atoms with Gasteiger partial charge in [0.05, 0.1) is 17.0 Å². The second-order valence-electron chi connectivity index (χ2n) is 26.5. The van der Waals surface area contributed by atoms with Gasteiger partial charge < -0.3 is 19.1 Å². The number of para-hydroxylation sites is 3. The molecule has 13 rings (SSSR count). The van der Waals surface area contributed by atoms with Crippen LogP contribution in [0.15, 0.2) is 150 Å². The number of rotatable bonds is 5. The standard InChI is InChI=1S/C68H72BN3O/c1-63(2)30-31-64(3,4)50-36-46(28-29-49(50)63)71-56-41-53-52(66(7,8)33-34-67(53,9)10)40-55(56)69-60-57(71)37-47(70(43-22-16-13-17-23-43)44-24-18-14-19-25-44)38-58(60)72(45-26-20-15-21-27-45)61-48-39-51-54(42-59(48)73-62(61)69)68(11,12)35-32-65(51,5)6/h13-29,36-42H,30-35H2,1-12H3. The molecule has 0 bridgehead atoms. The molecule has 0 N–H and O–H groups in total. The van der Waals surface area contributed by atoms with Gasteiger partial charge in [0.15, 0.2) is 0 Å². The van der Waals surface area contributed by atoms with Crippen LogP contribution in [0.1, 0.15) is 155 Å². The summed E-state index contributed by atoms with van der Waals surface area (Å²) < 4.78 is 7.72. The van der Waals surface area contributed by atoms with Gasteiger partial charge in [0.25, 0.3) is 6.71 Å². The maximum atomic E-state index is 7.72. The lowest BCUT2D eigenvalue weighted by Gasteiger charge is -2.47. The predicted molar refractivity (Wildman–Crippen MR) is 311 cm³/mol. The molecule has 0 amide bonds. The third-order valence-electron chi connectivity index (χ3n) is 19.0. The Morgan fingerprint density at radius 1 is 0.397 bits per heavy atom. The van der Waals surface area contributed by atoms with Crippen molar-refractivity contribution in [2.45, 2.75) is 154 Å². The van der Waals surface area contributed by atoms with E-state index in [-0.39, 0.29) is 39.2 Å². The van der Waals surface area contributed by atoms with Crippen molar-refractivity contribution >= 4 is 85.5 Å². The van der Waals surface area contributed by atoms with Crippen LogP contribution in [0.4, 0.5) is 51.2 Å². The number of hydrogen-bond donors (Lipinski definition) is 0. The summed E-state index contributed by atoms with van der Waals surface area (Å²) in [6.45, 7) is 29.3. The number of nitrogens with zero attached hydrogens (tertiary/aromatic N) is 3. The highest BCUT2D eigenvalue weighted by molar-refractivity contribution is 7.00. The topological polar surface area (TPSA) is 22.9 Å². The minimum Gasteiger partial charge on any atom is -0.468 e. The Morgan fingerprint density at radius 3 is 1.40 bits per heavy atom. The number of fused-ring (bicyclic) bond motifs is 9. The second-order valence-corrected chi connectivity index (χ2v) is 26.5. The van der Waals surface area contributed by atoms with Crippen molar-refractivity contribution in [1.82, 2.24) is 0 Å². The van der Waals surface area contributed by atoms with Gasteiger partial charge in [-0.1, -0.05) is 150 Å². The molecule has 0 saturated carbocycles. The SMILES string of the molecule is CC1(C)CCC(C)(C)c2cc(N3c4cc5c(cc4B4c6oc7cc8c(cc7c6N(c6ccccc6)c6cc(N(c7ccccc7)c7ccccc7)cc3c64)C(C)(C)CCC8(C)C)C(C)(C)CCC5(C)C)ccc21. The highest BCUT2D eigenvalue weighted by Crippen LogP contribution is 2.56. The van der Waals surface area contributed by atoms with Gasteiger partial charge in [-0.25, -0.2) is 0 Å². The minimum absolute atomic E-state index is 0.00199. The van der Waals surface area contributed by atoms with Crippen LogP contribution >= 0.6 is 0 Å². The van der Waals surface area contributed by atoms with Gasteiger partial charge in [0, 0.05) is 45.2 Å². The van der Waals surface area contributed by atoms with Crippen LogP contribution < -0.4 is 31.3 Å². The Hall–Kier alpha value is -6.46. The van der Waals surface area contributed by atoms with E-state index in [4.69, 9.17) is 4.42 Å². The lowest BCUT2D eigenvalue weighted by molar-refractivity contribution is 0.332. The van der Waals surface area contributed by atoms with E-state index in [1.807, 2.05) is 0 Å². The van der Waals surface area contributed by atoms with Crippen LogP contribution in [0.25, 0.3) is 11.0 Å². The molecule has 0 atom stereocenters. The van der Waals surface area contributed by atoms with Crippen LogP contribution in [-0.4, -0.2) is 6.71 Å². The molecule has 5 aliphatic rings. The highest BCUT2D eigenvalue weighted by Gasteiger charge is 2.50. The largest absolute Gasteiger partial charge is 0.468 e. The van der Waals surface area contributed by atoms with Crippen molar-refractivity contribution in [3.05, 3.63) is 179 Å². The van der Waals surface area contributed by atoms with Crippen LogP contribution in [0.5, 0.6) is 0 Å². The molecule has 0 spiro atoms. The summed E-state index contributed by atoms with van der Waals surface area (Å²) in [5, 5.41) is 1.19. The lowest BCUT2D eigenvalue weighted by atomic mass is 9.35. The van der Waals surface area contributed by atoms with Crippen molar-refractivity contribution in [3.63, 3.8) is 0 Å². The molecule has 8 aromatic rings. The number of furan rings is 1. The fourth-order valence-corrected chi connectivity index (χ4v) is 14.2. The van der Waals surface area contributed by atoms with Crippen molar-refractivity contribution in [1.29, 1.82) is 0 Å². The van der Waals surface area contributed by atoms with E-state index in [1.165, 1.54) is 78.9 Å². The van der Waals surface area contributed by atoms with Gasteiger partial charge >= 0.3 is 0 Å². The molecule has 4 nitrogen and oxygen atoms in total. The zero-order chi connectivity index (χ0) is 50.8. The van der Waals surface area contributed by atoms with E-state index in [0.29, 0.717) is 0 Å². The summed E-state index contributed by atoms with van der Waals surface area (Å²) in [6, 6.07) is 55.8. The number of anilines is 9. The Kier molecular flexibility index (Phi) is 9.87. The molecule has 7 aromatic carbocycles. The third kappa shape index (κ3) is 6.92. The number of benzene rings is 7. The van der Waals surface area contributed by atoms with E-state index in [2.05, 4.69) is 243 Å². The minimum atomic E-state index is -0.174. The Morgan fingerprint density at radius 2 is 0.849 bits per heavy atom. The molecule has 1 aromatic heterocycles. The van der Waals surface area contributed by atoms with Gasteiger partial charge in [-0.05, 0) is 194 Å². The molecule has 5 heteroatoms. The first-order valence-corrected chi connectivity index (χ1v) is 27.3. The first-order valence-electron chi connectivity index (χ1n) is 27.3. The van der Waals surface area contributed by atoms with E-state index in [0.717, 1.165) is 71.8 Å². The summed E-state index contributed by atoms with van der Waals surface area (Å²) >= 11 is 0. The molecule has 368 valence electrons. The first-order chi connectivity index (χ1) is 34.7. The second kappa shape index (κ2) is 15.5. The fourth-order valence-electron chi connectivity index (χ4n) is 14.2. The average molecular weight is 958 g/mol. The molecule has 0 unspecified atom stereocenters. The Balaban J connectivity index is 1.20. The molecule has 0 fully saturated rings. The Labute approximate surface area is 435 Å². The van der Waals surface area contributed by atoms with Gasteiger partial charge in [-0.15, -0.1) is 0 Å². The van der Waals surface area contributed by atoms with Crippen LogP contribution in [-0.2, 0) is 32.5 Å². The molecule has 0 radical (unpaired) electrons. The summed E-state index contributed by atoms with van der Waals surface area (Å²) in [5.41, 5.74) is 24.0. The van der Waals surface area contributed by atoms with Crippen molar-refractivity contribution in [2.24, 2.45) is 0 Å². The lowest BCUT2D eigenvalue weighted by Crippen LogP contribution is -2.61. The van der Waals surface area contributed by atoms with Crippen molar-refractivity contribution in [3.8, 4) is 0 Å². The summed E-state index contributed by atoms with van der Waals surface area (Å²) in [6.07, 6.45) is 6.90. The van der Waals surface area contributed by atoms with E-state index >= 15 is 0 Å². The molecule has 73 heavy (non-hydrogen) atoms. The fraction of sp³-hybridized carbons (Fsp3) is 0.353. The normalized spacial score (nSPS) is 19.8. The summed E-state index contributed by atoms with van der Waals surface area (Å²) in [4.78, 5) is 7.72. The maximum Gasteiger partial charge on any atom is 0.297 e. The zero-order valence-electron chi connectivity index (χ0n) is 45.4. The monoisotopic (exact) mass is 958 g/mol. The van der Waals surface area contributed by atoms with Crippen molar-refractivity contribution < 1.29 is 4.42 Å². The van der Waals surface area contributed by atoms with Gasteiger partial charge in [-0.2, -0.15) is 0 Å². The predicted octanol–water partition coefficient (Wildman–Crippen LogP) is 17.0. The third-order valence-corrected chi connectivity index (χ3v) is 19.0. The molecular weight excluding hydrogens is 886 g/mol. The van der Waals surface area contributed by atoms with E-state index in [9.17, 15) is 0 Å². The summed E-state index contributed by atoms with van der Waals surface area (Å²) in [7, 11) is 0. The average Bonchev–Trinajstić information content (AvgIpc) is 3.74. The van der Waals surface area contributed by atoms with Crippen LogP contribution in [0, 0.1) is 0 Å². The quantitative estimate of drug-likeness (QED) is 0.160. The molecular formula is C68H72BN3O. The molecule has 0 saturated heterocycles. The molecule has 3 aliphatic carbocycles. The van der Waals surface area contributed by atoms with E-state index in [1.54, 1.807) is 0 Å². The summed E-state index contributed by atoms with van der Waals surface area (Å²) in [5.74, 6) is 0. The Bertz CT molecular complexity index is 3500. The van der Waals surface area contributed by atoms with Crippen LogP contribution in [0.2, 0.25) is 0 Å². The zero-order valence-corrected chi connectivity index (χ0v) is 45.4. The first kappa shape index (κ1) is 46.3. The molecule has 2 aliphatic heterocycles. The van der Waals surface area contributed by atoms with Crippen LogP contribution in [0.3, 0.4) is 0 Å². The smallest absolute Gasteiger partial charge is 0.297 e. The maximum absolute atomic E-state index is 7.72. The van der Waals surface area contributed by atoms with Crippen molar-refractivity contribution in [2.75, 3.05) is 14.7 Å².